The molecule has 2 rings (SSSR count). The van der Waals surface area contributed by atoms with Gasteiger partial charge in [-0.15, -0.1) is 0 Å². The van der Waals surface area contributed by atoms with Gasteiger partial charge in [-0.2, -0.15) is 0 Å². The highest BCUT2D eigenvalue weighted by Gasteiger charge is 2.33. The first-order valence-electron chi connectivity index (χ1n) is 7.93. The molecule has 23 heavy (non-hydrogen) atoms. The molecule has 0 radical (unpaired) electrons. The lowest BCUT2D eigenvalue weighted by molar-refractivity contribution is 0.181. The van der Waals surface area contributed by atoms with Crippen molar-refractivity contribution < 1.29 is 14.0 Å². The van der Waals surface area contributed by atoms with Gasteiger partial charge in [-0.25, -0.2) is 0 Å². The Morgan fingerprint density at radius 2 is 1.91 bits per heavy atom. The topological polar surface area (TPSA) is 84.6 Å². The molecule has 4 N–H and O–H groups in total. The fourth-order valence-electron chi connectivity index (χ4n) is 2.42. The molecule has 3 unspecified atom stereocenters. The van der Waals surface area contributed by atoms with E-state index >= 15 is 0 Å². The average Bonchev–Trinajstić information content (AvgIpc) is 2.53. The first-order valence-corrected chi connectivity index (χ1v) is 9.58. The molecule has 0 amide bonds. The molecule has 126 valence electrons. The Balaban J connectivity index is 2.28. The van der Waals surface area contributed by atoms with Crippen molar-refractivity contribution >= 4 is 29.7 Å². The van der Waals surface area contributed by atoms with Gasteiger partial charge in [0, 0.05) is 5.39 Å². The van der Waals surface area contributed by atoms with Gasteiger partial charge in [0.2, 0.25) is 0 Å². The van der Waals surface area contributed by atoms with Gasteiger partial charge in [-0.05, 0) is 31.2 Å². The van der Waals surface area contributed by atoms with Crippen LogP contribution in [0, 0.1) is 0 Å². The summed E-state index contributed by atoms with van der Waals surface area (Å²) in [5, 5.41) is 5.05. The van der Waals surface area contributed by atoms with Crippen molar-refractivity contribution in [3.63, 3.8) is 0 Å². The van der Waals surface area contributed by atoms with Crippen LogP contribution in [0.1, 0.15) is 33.6 Å². The van der Waals surface area contributed by atoms with Gasteiger partial charge in [-0.3, -0.25) is 4.57 Å². The maximum Gasteiger partial charge on any atom is 0.350 e. The molecule has 0 aromatic heterocycles. The van der Waals surface area contributed by atoms with Crippen LogP contribution in [0.25, 0.3) is 10.8 Å². The summed E-state index contributed by atoms with van der Waals surface area (Å²) in [7, 11) is -3.79. The zero-order valence-corrected chi connectivity index (χ0v) is 14.7. The van der Waals surface area contributed by atoms with Crippen molar-refractivity contribution in [1.29, 1.82) is 0 Å². The number of benzene rings is 2. The van der Waals surface area contributed by atoms with Crippen LogP contribution in [0.2, 0.25) is 0 Å². The van der Waals surface area contributed by atoms with E-state index < -0.39 is 13.4 Å². The highest BCUT2D eigenvalue weighted by molar-refractivity contribution is 7.53. The minimum Gasteiger partial charge on any atom is -0.397 e. The predicted molar refractivity (Wildman–Crippen MR) is 96.7 cm³/mol. The highest BCUT2D eigenvalue weighted by Crippen LogP contribution is 2.50. The van der Waals surface area contributed by atoms with Crippen LogP contribution in [0.4, 0.5) is 11.4 Å². The number of anilines is 2. The lowest BCUT2D eigenvalue weighted by Gasteiger charge is -2.26. The monoisotopic (exact) mass is 336 g/mol. The second kappa shape index (κ2) is 7.35. The largest absolute Gasteiger partial charge is 0.397 e. The van der Waals surface area contributed by atoms with Crippen molar-refractivity contribution in [2.24, 2.45) is 0 Å². The Bertz CT molecular complexity index is 720. The third-order valence-corrected chi connectivity index (χ3v) is 5.92. The number of nitrogens with one attached hydrogen (secondary N) is 1. The van der Waals surface area contributed by atoms with Crippen LogP contribution in [0.15, 0.2) is 36.4 Å². The van der Waals surface area contributed by atoms with Crippen LogP contribution in [-0.2, 0) is 9.09 Å². The molecule has 2 aromatic carbocycles. The number of hydrogen-bond acceptors (Lipinski definition) is 4. The SMILES string of the molecule is CCC(C)OP(=O)(O)C(CC)Nc1ccc2ccccc2c1N. The number of hydrogen-bond donors (Lipinski definition) is 3. The van der Waals surface area contributed by atoms with Crippen LogP contribution >= 0.6 is 7.60 Å². The van der Waals surface area contributed by atoms with Crippen LogP contribution in [0.5, 0.6) is 0 Å². The lowest BCUT2D eigenvalue weighted by Crippen LogP contribution is -2.22. The Kier molecular flexibility index (Phi) is 5.69. The molecule has 0 aliphatic carbocycles. The number of fused-ring (bicyclic) bond motifs is 1. The molecular weight excluding hydrogens is 311 g/mol. The van der Waals surface area contributed by atoms with Crippen molar-refractivity contribution in [2.45, 2.75) is 45.5 Å². The maximum absolute atomic E-state index is 12.5. The van der Waals surface area contributed by atoms with Gasteiger partial charge in [-0.1, -0.05) is 44.2 Å². The molecular formula is C17H25N2O3P. The van der Waals surface area contributed by atoms with Gasteiger partial charge in [0.15, 0.2) is 0 Å². The van der Waals surface area contributed by atoms with E-state index in [0.717, 1.165) is 10.8 Å². The smallest absolute Gasteiger partial charge is 0.350 e. The first-order chi connectivity index (χ1) is 10.9. The summed E-state index contributed by atoms with van der Waals surface area (Å²) in [6.07, 6.45) is 0.867. The standard InChI is InChI=1S/C17H25N2O3P/c1-4-12(3)22-23(20,21)16(5-2)19-15-11-10-13-8-6-7-9-14(13)17(15)18/h6-12,16,19H,4-5,18H2,1-3H3,(H,20,21). The van der Waals surface area contributed by atoms with E-state index in [1.165, 1.54) is 0 Å². The summed E-state index contributed by atoms with van der Waals surface area (Å²) in [6.45, 7) is 5.55. The number of rotatable bonds is 7. The zero-order chi connectivity index (χ0) is 17.0. The molecule has 0 spiro atoms. The highest BCUT2D eigenvalue weighted by atomic mass is 31.2. The molecule has 5 nitrogen and oxygen atoms in total. The summed E-state index contributed by atoms with van der Waals surface area (Å²) in [5.41, 5.74) is 7.44. The molecule has 0 saturated carbocycles. The van der Waals surface area contributed by atoms with E-state index in [9.17, 15) is 9.46 Å². The van der Waals surface area contributed by atoms with E-state index in [4.69, 9.17) is 10.3 Å². The molecule has 3 atom stereocenters. The summed E-state index contributed by atoms with van der Waals surface area (Å²) in [6, 6.07) is 11.6. The van der Waals surface area contributed by atoms with E-state index in [1.54, 1.807) is 6.92 Å². The van der Waals surface area contributed by atoms with Gasteiger partial charge < -0.3 is 20.5 Å². The second-order valence-electron chi connectivity index (χ2n) is 5.70. The summed E-state index contributed by atoms with van der Waals surface area (Å²) >= 11 is 0. The van der Waals surface area contributed by atoms with Gasteiger partial charge >= 0.3 is 7.60 Å². The minimum atomic E-state index is -3.79. The Morgan fingerprint density at radius 3 is 2.57 bits per heavy atom. The molecule has 6 heteroatoms. The van der Waals surface area contributed by atoms with Crippen molar-refractivity contribution in [1.82, 2.24) is 0 Å². The van der Waals surface area contributed by atoms with Crippen LogP contribution in [-0.4, -0.2) is 16.8 Å². The molecule has 0 aliphatic rings. The van der Waals surface area contributed by atoms with Gasteiger partial charge in [0.1, 0.15) is 5.78 Å². The number of nitrogens with two attached hydrogens (primary N) is 1. The second-order valence-corrected chi connectivity index (χ2v) is 7.67. The Morgan fingerprint density at radius 1 is 1.22 bits per heavy atom. The fraction of sp³-hybridized carbons (Fsp3) is 0.412. The number of nitrogen functional groups attached to an aromatic ring is 1. The van der Waals surface area contributed by atoms with Crippen molar-refractivity contribution in [3.05, 3.63) is 36.4 Å². The third-order valence-electron chi connectivity index (χ3n) is 3.98. The molecule has 0 aliphatic heterocycles. The van der Waals surface area contributed by atoms with E-state index in [1.807, 2.05) is 50.2 Å². The molecule has 0 bridgehead atoms. The molecule has 0 saturated heterocycles. The first kappa shape index (κ1) is 17.8. The van der Waals surface area contributed by atoms with Gasteiger partial charge in [0.25, 0.3) is 0 Å². The Hall–Kier alpha value is -1.55. The maximum atomic E-state index is 12.5. The zero-order valence-electron chi connectivity index (χ0n) is 13.8. The summed E-state index contributed by atoms with van der Waals surface area (Å²) in [5.74, 6) is -0.694. The Labute approximate surface area is 137 Å². The molecule has 2 aromatic rings. The normalized spacial score (nSPS) is 16.7. The van der Waals surface area contributed by atoms with Crippen LogP contribution in [0.3, 0.4) is 0 Å². The molecule has 0 fully saturated rings. The third kappa shape index (κ3) is 4.05. The van der Waals surface area contributed by atoms with Gasteiger partial charge in [0.05, 0.1) is 17.5 Å². The fourth-order valence-corrected chi connectivity index (χ4v) is 4.00. The van der Waals surface area contributed by atoms with Crippen molar-refractivity contribution in [2.75, 3.05) is 11.1 Å². The summed E-state index contributed by atoms with van der Waals surface area (Å²) in [4.78, 5) is 10.3. The average molecular weight is 336 g/mol. The molecule has 0 heterocycles. The quantitative estimate of drug-likeness (QED) is 0.509. The summed E-state index contributed by atoms with van der Waals surface area (Å²) < 4.78 is 17.9. The van der Waals surface area contributed by atoms with E-state index in [0.29, 0.717) is 24.2 Å². The van der Waals surface area contributed by atoms with E-state index in [-0.39, 0.29) is 6.10 Å². The lowest BCUT2D eigenvalue weighted by atomic mass is 10.1. The van der Waals surface area contributed by atoms with Crippen LogP contribution < -0.4 is 11.1 Å². The predicted octanol–water partition coefficient (Wildman–Crippen LogP) is 4.57. The minimum absolute atomic E-state index is 0.268. The van der Waals surface area contributed by atoms with E-state index in [2.05, 4.69) is 5.32 Å². The van der Waals surface area contributed by atoms with Crippen molar-refractivity contribution in [3.8, 4) is 0 Å².